The molecule has 4 nitrogen and oxygen atoms in total. The zero-order valence-electron chi connectivity index (χ0n) is 9.83. The molecule has 1 aromatic carbocycles. The lowest BCUT2D eigenvalue weighted by atomic mass is 10.1. The van der Waals surface area contributed by atoms with Crippen LogP contribution >= 0.6 is 11.3 Å². The van der Waals surface area contributed by atoms with Crippen molar-refractivity contribution in [2.45, 2.75) is 6.42 Å². The molecule has 0 unspecified atom stereocenters. The number of carbonyl (C=O) groups is 1. The molecule has 90 valence electrons. The Balaban J connectivity index is 2.04. The van der Waals surface area contributed by atoms with Gasteiger partial charge in [0.05, 0.1) is 29.5 Å². The summed E-state index contributed by atoms with van der Waals surface area (Å²) in [5, 5.41) is 2.82. The summed E-state index contributed by atoms with van der Waals surface area (Å²) in [5.74, 6) is 0. The second kappa shape index (κ2) is 4.34. The maximum atomic E-state index is 10.5. The van der Waals surface area contributed by atoms with Crippen LogP contribution in [0, 0.1) is 0 Å². The lowest BCUT2D eigenvalue weighted by Crippen LogP contribution is -1.86. The van der Waals surface area contributed by atoms with Crippen molar-refractivity contribution in [1.82, 2.24) is 14.5 Å². The highest BCUT2D eigenvalue weighted by molar-refractivity contribution is 7.10. The highest BCUT2D eigenvalue weighted by atomic mass is 32.1. The van der Waals surface area contributed by atoms with Gasteiger partial charge in [0.1, 0.15) is 11.3 Å². The summed E-state index contributed by atoms with van der Waals surface area (Å²) in [6.45, 7) is 0. The molecule has 0 saturated heterocycles. The quantitative estimate of drug-likeness (QED) is 0.677. The molecule has 0 bridgehead atoms. The van der Waals surface area contributed by atoms with E-state index in [1.807, 2.05) is 35.2 Å². The van der Waals surface area contributed by atoms with Crippen molar-refractivity contribution in [3.8, 4) is 11.3 Å². The molecule has 0 spiro atoms. The zero-order chi connectivity index (χ0) is 12.5. The fourth-order valence-corrected chi connectivity index (χ4v) is 2.66. The maximum absolute atomic E-state index is 10.5. The highest BCUT2D eigenvalue weighted by Crippen LogP contribution is 2.25. The Morgan fingerprint density at radius 3 is 3.17 bits per heavy atom. The van der Waals surface area contributed by atoms with Crippen LogP contribution in [0.2, 0.25) is 0 Å². The molecule has 0 saturated carbocycles. The van der Waals surface area contributed by atoms with E-state index in [0.29, 0.717) is 6.42 Å². The Kier molecular flexibility index (Phi) is 2.68. The first kappa shape index (κ1) is 11.1. The fourth-order valence-electron chi connectivity index (χ4n) is 1.90. The highest BCUT2D eigenvalue weighted by Gasteiger charge is 2.06. The summed E-state index contributed by atoms with van der Waals surface area (Å²) in [5.41, 5.74) is 4.00. The molecule has 0 aliphatic rings. The summed E-state index contributed by atoms with van der Waals surface area (Å²) in [6.07, 6.45) is 3.06. The molecular formula is C13H11N3OS. The number of imidazole rings is 1. The van der Waals surface area contributed by atoms with Gasteiger partial charge in [-0.2, -0.15) is 0 Å². The van der Waals surface area contributed by atoms with Crippen molar-refractivity contribution in [3.63, 3.8) is 0 Å². The van der Waals surface area contributed by atoms with Crippen LogP contribution in [-0.2, 0) is 18.3 Å². The van der Waals surface area contributed by atoms with Crippen LogP contribution in [0.5, 0.6) is 0 Å². The van der Waals surface area contributed by atoms with Crippen LogP contribution < -0.4 is 0 Å². The number of thiazole rings is 1. The van der Waals surface area contributed by atoms with Gasteiger partial charge in [0.15, 0.2) is 0 Å². The number of rotatable bonds is 3. The molecule has 0 aliphatic heterocycles. The number of nitrogens with zero attached hydrogens (tertiary/aromatic N) is 3. The third-order valence-electron chi connectivity index (χ3n) is 2.83. The van der Waals surface area contributed by atoms with Crippen LogP contribution in [-0.4, -0.2) is 20.8 Å². The summed E-state index contributed by atoms with van der Waals surface area (Å²) in [4.78, 5) is 19.2. The van der Waals surface area contributed by atoms with Crippen molar-refractivity contribution in [1.29, 1.82) is 0 Å². The third-order valence-corrected chi connectivity index (χ3v) is 3.70. The Labute approximate surface area is 108 Å². The first-order chi connectivity index (χ1) is 8.78. The number of hydrogen-bond acceptors (Lipinski definition) is 4. The predicted octanol–water partition coefficient (Wildman–Crippen LogP) is 2.44. The molecular weight excluding hydrogens is 246 g/mol. The molecule has 2 heterocycles. The second-order valence-electron chi connectivity index (χ2n) is 4.06. The van der Waals surface area contributed by atoms with Gasteiger partial charge in [-0.3, -0.25) is 0 Å². The van der Waals surface area contributed by atoms with Gasteiger partial charge >= 0.3 is 0 Å². The molecule has 3 rings (SSSR count). The van der Waals surface area contributed by atoms with E-state index in [0.717, 1.165) is 33.6 Å². The van der Waals surface area contributed by atoms with E-state index in [-0.39, 0.29) is 0 Å². The molecule has 0 N–H and O–H groups in total. The fraction of sp³-hybridized carbons (Fsp3) is 0.154. The smallest absolute Gasteiger partial charge is 0.126 e. The molecule has 18 heavy (non-hydrogen) atoms. The van der Waals surface area contributed by atoms with Gasteiger partial charge in [-0.1, -0.05) is 6.07 Å². The van der Waals surface area contributed by atoms with E-state index in [1.54, 1.807) is 6.33 Å². The van der Waals surface area contributed by atoms with E-state index in [1.165, 1.54) is 11.3 Å². The van der Waals surface area contributed by atoms with Gasteiger partial charge in [-0.05, 0) is 12.1 Å². The van der Waals surface area contributed by atoms with Gasteiger partial charge < -0.3 is 9.36 Å². The van der Waals surface area contributed by atoms with Crippen molar-refractivity contribution in [2.24, 2.45) is 7.05 Å². The van der Waals surface area contributed by atoms with Crippen LogP contribution in [0.3, 0.4) is 0 Å². The molecule has 0 fully saturated rings. The van der Waals surface area contributed by atoms with Crippen molar-refractivity contribution in [2.75, 3.05) is 0 Å². The molecule has 5 heteroatoms. The lowest BCUT2D eigenvalue weighted by molar-refractivity contribution is -0.107. The first-order valence-electron chi connectivity index (χ1n) is 5.57. The minimum atomic E-state index is 0.385. The van der Waals surface area contributed by atoms with Crippen molar-refractivity contribution < 1.29 is 4.79 Å². The maximum Gasteiger partial charge on any atom is 0.126 e. The summed E-state index contributed by atoms with van der Waals surface area (Å²) < 4.78 is 1.98. The summed E-state index contributed by atoms with van der Waals surface area (Å²) >= 11 is 1.51. The van der Waals surface area contributed by atoms with Crippen LogP contribution in [0.15, 0.2) is 29.9 Å². The van der Waals surface area contributed by atoms with Gasteiger partial charge in [0.2, 0.25) is 0 Å². The number of aldehydes is 1. The Bertz CT molecular complexity index is 714. The minimum absolute atomic E-state index is 0.385. The van der Waals surface area contributed by atoms with E-state index in [2.05, 4.69) is 9.97 Å². The van der Waals surface area contributed by atoms with E-state index in [4.69, 9.17) is 0 Å². The Morgan fingerprint density at radius 2 is 2.33 bits per heavy atom. The third kappa shape index (κ3) is 1.82. The number of carbonyl (C=O) groups excluding carboxylic acids is 1. The van der Waals surface area contributed by atoms with Crippen molar-refractivity contribution >= 4 is 28.7 Å². The van der Waals surface area contributed by atoms with Crippen LogP contribution in [0.4, 0.5) is 0 Å². The standard InChI is InChI=1S/C13H11N3OS/c1-16-8-14-10-6-9(2-3-12(10)16)11-7-18-13(15-11)4-5-17/h2-3,5-8H,4H2,1H3. The minimum Gasteiger partial charge on any atom is -0.334 e. The number of hydrogen-bond donors (Lipinski definition) is 0. The molecule has 0 aliphatic carbocycles. The van der Waals surface area contributed by atoms with Gasteiger partial charge in [-0.25, -0.2) is 9.97 Å². The largest absolute Gasteiger partial charge is 0.334 e. The normalized spacial score (nSPS) is 10.9. The van der Waals surface area contributed by atoms with Crippen LogP contribution in [0.25, 0.3) is 22.3 Å². The topological polar surface area (TPSA) is 47.8 Å². The van der Waals surface area contributed by atoms with Gasteiger partial charge in [0.25, 0.3) is 0 Å². The number of aromatic nitrogens is 3. The number of aryl methyl sites for hydroxylation is 1. The van der Waals surface area contributed by atoms with E-state index < -0.39 is 0 Å². The molecule has 3 aromatic rings. The average Bonchev–Trinajstić information content (AvgIpc) is 2.97. The first-order valence-corrected chi connectivity index (χ1v) is 6.45. The molecule has 0 atom stereocenters. The summed E-state index contributed by atoms with van der Waals surface area (Å²) in [6, 6.07) is 6.09. The van der Waals surface area contributed by atoms with Crippen molar-refractivity contribution in [3.05, 3.63) is 34.9 Å². The monoisotopic (exact) mass is 257 g/mol. The average molecular weight is 257 g/mol. The second-order valence-corrected chi connectivity index (χ2v) is 5.00. The number of benzene rings is 1. The number of fused-ring (bicyclic) bond motifs is 1. The van der Waals surface area contributed by atoms with E-state index >= 15 is 0 Å². The van der Waals surface area contributed by atoms with Gasteiger partial charge in [-0.15, -0.1) is 11.3 Å². The molecule has 0 radical (unpaired) electrons. The zero-order valence-corrected chi connectivity index (χ0v) is 10.6. The summed E-state index contributed by atoms with van der Waals surface area (Å²) in [7, 11) is 1.97. The van der Waals surface area contributed by atoms with Gasteiger partial charge in [0, 0.05) is 18.0 Å². The predicted molar refractivity (Wildman–Crippen MR) is 71.6 cm³/mol. The SMILES string of the molecule is Cn1cnc2cc(-c3csc(CC=O)n3)ccc21. The molecule has 0 amide bonds. The molecule has 2 aromatic heterocycles. The van der Waals surface area contributed by atoms with E-state index in [9.17, 15) is 4.79 Å². The Hall–Kier alpha value is -2.01. The Morgan fingerprint density at radius 1 is 1.44 bits per heavy atom. The van der Waals surface area contributed by atoms with Crippen LogP contribution in [0.1, 0.15) is 5.01 Å². The lowest BCUT2D eigenvalue weighted by Gasteiger charge is -1.98.